The Labute approximate surface area is 207 Å². The molecule has 0 spiro atoms. The Kier molecular flexibility index (Phi) is 5.94. The summed E-state index contributed by atoms with van der Waals surface area (Å²) in [5.41, 5.74) is 2.73. The molecule has 1 aliphatic rings. The first-order chi connectivity index (χ1) is 16.8. The van der Waals surface area contributed by atoms with Gasteiger partial charge in [-0.15, -0.1) is 5.10 Å². The van der Waals surface area contributed by atoms with Gasteiger partial charge < -0.3 is 14.8 Å². The third-order valence-corrected chi connectivity index (χ3v) is 6.01. The van der Waals surface area contributed by atoms with Crippen molar-refractivity contribution in [2.24, 2.45) is 7.05 Å². The Hall–Kier alpha value is -3.85. The fourth-order valence-electron chi connectivity index (χ4n) is 3.92. The first-order valence-electron chi connectivity index (χ1n) is 11.2. The van der Waals surface area contributed by atoms with Crippen LogP contribution in [-0.4, -0.2) is 43.9 Å². The molecule has 5 rings (SSSR count). The van der Waals surface area contributed by atoms with Gasteiger partial charge >= 0.3 is 0 Å². The maximum Gasteiger partial charge on any atom is 0.273 e. The predicted octanol–water partition coefficient (Wildman–Crippen LogP) is 3.82. The standard InChI is InChI=1S/C25H25ClN6O3/c1-25(2,22-15-32(30-28-22)13-16-4-7-18(26)8-5-16)27-24(33)23-19(14-31(3)29-23)17-6-9-20-21(12-17)35-11-10-34-20/h4-9,12,14-15H,10-11,13H2,1-3H3,(H,27,33). The van der Waals surface area contributed by atoms with Gasteiger partial charge in [-0.3, -0.25) is 9.48 Å². The topological polar surface area (TPSA) is 96.1 Å². The number of ether oxygens (including phenoxy) is 2. The van der Waals surface area contributed by atoms with Crippen molar-refractivity contribution in [3.05, 3.63) is 76.8 Å². The molecule has 1 aliphatic heterocycles. The molecule has 10 heteroatoms. The van der Waals surface area contributed by atoms with Crippen molar-refractivity contribution in [1.29, 1.82) is 0 Å². The normalized spacial score (nSPS) is 13.0. The lowest BCUT2D eigenvalue weighted by Crippen LogP contribution is -2.41. The lowest BCUT2D eigenvalue weighted by atomic mass is 10.00. The van der Waals surface area contributed by atoms with Crippen LogP contribution in [0.3, 0.4) is 0 Å². The van der Waals surface area contributed by atoms with Crippen LogP contribution < -0.4 is 14.8 Å². The highest BCUT2D eigenvalue weighted by Crippen LogP contribution is 2.35. The van der Waals surface area contributed by atoms with Gasteiger partial charge in [0.2, 0.25) is 0 Å². The molecule has 0 radical (unpaired) electrons. The Balaban J connectivity index is 1.35. The highest BCUT2D eigenvalue weighted by Gasteiger charge is 2.29. The Morgan fingerprint density at radius 3 is 2.60 bits per heavy atom. The zero-order valence-electron chi connectivity index (χ0n) is 19.7. The summed E-state index contributed by atoms with van der Waals surface area (Å²) in [4.78, 5) is 13.3. The molecule has 0 fully saturated rings. The van der Waals surface area contributed by atoms with Crippen LogP contribution in [0.25, 0.3) is 11.1 Å². The Morgan fingerprint density at radius 2 is 1.83 bits per heavy atom. The third-order valence-electron chi connectivity index (χ3n) is 5.76. The van der Waals surface area contributed by atoms with Gasteiger partial charge in [0, 0.05) is 23.8 Å². The quantitative estimate of drug-likeness (QED) is 0.439. The van der Waals surface area contributed by atoms with Gasteiger partial charge in [0.25, 0.3) is 5.91 Å². The average Bonchev–Trinajstić information content (AvgIpc) is 3.47. The van der Waals surface area contributed by atoms with Crippen molar-refractivity contribution in [3.8, 4) is 22.6 Å². The summed E-state index contributed by atoms with van der Waals surface area (Å²) in [7, 11) is 1.78. The van der Waals surface area contributed by atoms with E-state index in [1.54, 1.807) is 16.4 Å². The highest BCUT2D eigenvalue weighted by atomic mass is 35.5. The van der Waals surface area contributed by atoms with Crippen molar-refractivity contribution < 1.29 is 14.3 Å². The summed E-state index contributed by atoms with van der Waals surface area (Å²) in [5.74, 6) is 1.03. The molecule has 2 aromatic carbocycles. The zero-order chi connectivity index (χ0) is 24.6. The predicted molar refractivity (Wildman–Crippen MR) is 131 cm³/mol. The van der Waals surface area contributed by atoms with Crippen molar-refractivity contribution in [3.63, 3.8) is 0 Å². The third kappa shape index (κ3) is 4.85. The number of nitrogens with one attached hydrogen (secondary N) is 1. The van der Waals surface area contributed by atoms with Crippen molar-refractivity contribution in [2.45, 2.75) is 25.9 Å². The van der Waals surface area contributed by atoms with Gasteiger partial charge in [-0.05, 0) is 49.2 Å². The molecule has 0 saturated heterocycles. The molecular weight excluding hydrogens is 468 g/mol. The van der Waals surface area contributed by atoms with Crippen LogP contribution in [0.5, 0.6) is 11.5 Å². The fraction of sp³-hybridized carbons (Fsp3) is 0.280. The number of fused-ring (bicyclic) bond motifs is 1. The van der Waals surface area contributed by atoms with E-state index in [-0.39, 0.29) is 5.91 Å². The summed E-state index contributed by atoms with van der Waals surface area (Å²) in [6, 6.07) is 13.2. The number of carbonyl (C=O) groups is 1. The maximum absolute atomic E-state index is 13.3. The number of rotatable bonds is 6. The summed E-state index contributed by atoms with van der Waals surface area (Å²) in [6.45, 7) is 5.32. The molecule has 180 valence electrons. The molecule has 0 aliphatic carbocycles. The second kappa shape index (κ2) is 9.07. The summed E-state index contributed by atoms with van der Waals surface area (Å²) in [6.07, 6.45) is 3.64. The van der Waals surface area contributed by atoms with Gasteiger partial charge in [-0.25, -0.2) is 4.68 Å². The molecule has 0 bridgehead atoms. The minimum Gasteiger partial charge on any atom is -0.486 e. The number of halogens is 1. The number of benzene rings is 2. The van der Waals surface area contributed by atoms with Gasteiger partial charge in [0.05, 0.1) is 18.3 Å². The van der Waals surface area contributed by atoms with Gasteiger partial charge in [0.1, 0.15) is 18.9 Å². The van der Waals surface area contributed by atoms with Crippen molar-refractivity contribution >= 4 is 17.5 Å². The molecule has 35 heavy (non-hydrogen) atoms. The molecular formula is C25H25ClN6O3. The van der Waals surface area contributed by atoms with Crippen LogP contribution in [-0.2, 0) is 19.1 Å². The van der Waals surface area contributed by atoms with Crippen LogP contribution in [0.15, 0.2) is 54.9 Å². The summed E-state index contributed by atoms with van der Waals surface area (Å²) >= 11 is 5.97. The molecule has 2 aromatic heterocycles. The lowest BCUT2D eigenvalue weighted by Gasteiger charge is -2.23. The molecule has 0 saturated carbocycles. The van der Waals surface area contributed by atoms with E-state index < -0.39 is 5.54 Å². The highest BCUT2D eigenvalue weighted by molar-refractivity contribution is 6.30. The molecule has 1 amide bonds. The molecule has 9 nitrogen and oxygen atoms in total. The minimum atomic E-state index is -0.781. The second-order valence-electron chi connectivity index (χ2n) is 8.93. The molecule has 3 heterocycles. The van der Waals surface area contributed by atoms with E-state index in [0.29, 0.717) is 53.2 Å². The monoisotopic (exact) mass is 492 g/mol. The lowest BCUT2D eigenvalue weighted by molar-refractivity contribution is 0.0905. The first kappa shape index (κ1) is 22.9. The van der Waals surface area contributed by atoms with Crippen LogP contribution in [0.1, 0.15) is 35.6 Å². The molecule has 0 atom stereocenters. The largest absolute Gasteiger partial charge is 0.486 e. The van der Waals surface area contributed by atoms with E-state index in [1.165, 1.54) is 0 Å². The number of aryl methyl sites for hydroxylation is 1. The van der Waals surface area contributed by atoms with Crippen LogP contribution in [0, 0.1) is 0 Å². The average molecular weight is 493 g/mol. The van der Waals surface area contributed by atoms with Gasteiger partial charge in [0.15, 0.2) is 17.2 Å². The zero-order valence-corrected chi connectivity index (χ0v) is 20.4. The number of hydrogen-bond donors (Lipinski definition) is 1. The van der Waals surface area contributed by atoms with Crippen LogP contribution >= 0.6 is 11.6 Å². The Bertz CT molecular complexity index is 1380. The molecule has 0 unspecified atom stereocenters. The summed E-state index contributed by atoms with van der Waals surface area (Å²) < 4.78 is 14.7. The van der Waals surface area contributed by atoms with E-state index in [1.807, 2.05) is 68.7 Å². The van der Waals surface area contributed by atoms with E-state index in [2.05, 4.69) is 20.7 Å². The van der Waals surface area contributed by atoms with Gasteiger partial charge in [-0.1, -0.05) is 35.0 Å². The Morgan fingerprint density at radius 1 is 1.09 bits per heavy atom. The van der Waals surface area contributed by atoms with E-state index in [9.17, 15) is 4.79 Å². The van der Waals surface area contributed by atoms with Crippen LogP contribution in [0.2, 0.25) is 5.02 Å². The number of amides is 1. The number of hydrogen-bond acceptors (Lipinski definition) is 6. The maximum atomic E-state index is 13.3. The van der Waals surface area contributed by atoms with E-state index >= 15 is 0 Å². The molecule has 1 N–H and O–H groups in total. The molecule has 4 aromatic rings. The van der Waals surface area contributed by atoms with Crippen molar-refractivity contribution in [2.75, 3.05) is 13.2 Å². The second-order valence-corrected chi connectivity index (χ2v) is 9.37. The van der Waals surface area contributed by atoms with Gasteiger partial charge in [-0.2, -0.15) is 5.10 Å². The smallest absolute Gasteiger partial charge is 0.273 e. The summed E-state index contributed by atoms with van der Waals surface area (Å²) in [5, 5.41) is 16.7. The fourth-order valence-corrected chi connectivity index (χ4v) is 4.05. The number of carbonyl (C=O) groups excluding carboxylic acids is 1. The first-order valence-corrected chi connectivity index (χ1v) is 11.6. The minimum absolute atomic E-state index is 0.311. The SMILES string of the molecule is Cn1cc(-c2ccc3c(c2)OCCO3)c(C(=O)NC(C)(C)c2cn(Cc3ccc(Cl)cc3)nn2)n1. The van der Waals surface area contributed by atoms with Crippen molar-refractivity contribution in [1.82, 2.24) is 30.1 Å². The van der Waals surface area contributed by atoms with Crippen LogP contribution in [0.4, 0.5) is 0 Å². The number of nitrogens with zero attached hydrogens (tertiary/aromatic N) is 5. The van der Waals surface area contributed by atoms with E-state index in [4.69, 9.17) is 21.1 Å². The number of aromatic nitrogens is 5. The van der Waals surface area contributed by atoms with E-state index in [0.717, 1.165) is 11.1 Å².